The summed E-state index contributed by atoms with van der Waals surface area (Å²) in [5.41, 5.74) is 1.12. The van der Waals surface area contributed by atoms with E-state index in [1.165, 1.54) is 6.42 Å². The second kappa shape index (κ2) is 4.53. The Balaban J connectivity index is 2.29. The molecule has 0 amide bonds. The van der Waals surface area contributed by atoms with Crippen molar-refractivity contribution in [1.29, 1.82) is 0 Å². The molecule has 1 aliphatic heterocycles. The predicted molar refractivity (Wildman–Crippen MR) is 59.5 cm³/mol. The van der Waals surface area contributed by atoms with E-state index >= 15 is 0 Å². The fraction of sp³-hybridized carbons (Fsp3) is 0.500. The third kappa shape index (κ3) is 2.07. The summed E-state index contributed by atoms with van der Waals surface area (Å²) in [6.07, 6.45) is 2.34. The first-order valence-electron chi connectivity index (χ1n) is 5.39. The number of phenols is 1. The van der Waals surface area contributed by atoms with Crippen LogP contribution in [0.3, 0.4) is 0 Å². The van der Waals surface area contributed by atoms with E-state index in [1.807, 2.05) is 12.1 Å². The van der Waals surface area contributed by atoms with Crippen molar-refractivity contribution in [2.24, 2.45) is 0 Å². The molecule has 1 heterocycles. The Morgan fingerprint density at radius 1 is 1.47 bits per heavy atom. The van der Waals surface area contributed by atoms with Gasteiger partial charge in [0.25, 0.3) is 0 Å². The fourth-order valence-electron chi connectivity index (χ4n) is 2.20. The number of rotatable bonds is 2. The van der Waals surface area contributed by atoms with Crippen LogP contribution in [-0.2, 0) is 0 Å². The summed E-state index contributed by atoms with van der Waals surface area (Å²) in [5, 5.41) is 13.0. The Kier molecular flexibility index (Phi) is 3.11. The number of phenolic OH excluding ortho intramolecular Hbond substituents is 1. The third-order valence-corrected chi connectivity index (χ3v) is 2.97. The van der Waals surface area contributed by atoms with Crippen molar-refractivity contribution >= 4 is 0 Å². The predicted octanol–water partition coefficient (Wildman–Crippen LogP) is 1.87. The van der Waals surface area contributed by atoms with Crippen LogP contribution in [0.15, 0.2) is 18.2 Å². The maximum Gasteiger partial charge on any atom is 0.163 e. The van der Waals surface area contributed by atoms with Crippen LogP contribution in [0.1, 0.15) is 24.3 Å². The summed E-state index contributed by atoms with van der Waals surface area (Å²) in [4.78, 5) is 0. The average Bonchev–Trinajstić information content (AvgIpc) is 2.30. The lowest BCUT2D eigenvalue weighted by Crippen LogP contribution is -2.28. The minimum atomic E-state index is 0.237. The van der Waals surface area contributed by atoms with Crippen molar-refractivity contribution in [2.45, 2.75) is 18.8 Å². The van der Waals surface area contributed by atoms with E-state index < -0.39 is 0 Å². The largest absolute Gasteiger partial charge is 0.504 e. The van der Waals surface area contributed by atoms with Gasteiger partial charge in [-0.25, -0.2) is 0 Å². The van der Waals surface area contributed by atoms with E-state index in [-0.39, 0.29) is 5.75 Å². The van der Waals surface area contributed by atoms with Crippen LogP contribution in [0.2, 0.25) is 0 Å². The molecule has 3 heteroatoms. The summed E-state index contributed by atoms with van der Waals surface area (Å²) in [7, 11) is 1.61. The Bertz CT molecular complexity index is 332. The lowest BCUT2D eigenvalue weighted by atomic mass is 9.91. The Labute approximate surface area is 90.1 Å². The first kappa shape index (κ1) is 10.3. The molecule has 1 aromatic rings. The number of hydrogen-bond donors (Lipinski definition) is 2. The van der Waals surface area contributed by atoms with Gasteiger partial charge >= 0.3 is 0 Å². The van der Waals surface area contributed by atoms with E-state index in [2.05, 4.69) is 5.32 Å². The highest BCUT2D eigenvalue weighted by Crippen LogP contribution is 2.36. The van der Waals surface area contributed by atoms with E-state index in [0.717, 1.165) is 25.1 Å². The molecule has 0 aliphatic carbocycles. The highest BCUT2D eigenvalue weighted by molar-refractivity contribution is 5.47. The Morgan fingerprint density at radius 2 is 2.33 bits per heavy atom. The van der Waals surface area contributed by atoms with Crippen LogP contribution >= 0.6 is 0 Å². The molecule has 0 bridgehead atoms. The zero-order valence-electron chi connectivity index (χ0n) is 8.99. The Morgan fingerprint density at radius 3 is 3.00 bits per heavy atom. The van der Waals surface area contributed by atoms with Crippen LogP contribution in [0.25, 0.3) is 0 Å². The molecule has 0 saturated carbocycles. The van der Waals surface area contributed by atoms with Gasteiger partial charge in [0.1, 0.15) is 0 Å². The van der Waals surface area contributed by atoms with Gasteiger partial charge in [-0.3, -0.25) is 0 Å². The summed E-state index contributed by atoms with van der Waals surface area (Å²) < 4.78 is 5.25. The monoisotopic (exact) mass is 207 g/mol. The number of aromatic hydroxyl groups is 1. The summed E-state index contributed by atoms with van der Waals surface area (Å²) in [5.74, 6) is 1.33. The molecule has 2 rings (SSSR count). The SMILES string of the molecule is COc1c(O)cccc1C1CCCNC1. The molecule has 15 heavy (non-hydrogen) atoms. The van der Waals surface area contributed by atoms with Gasteiger partial charge in [-0.05, 0) is 25.5 Å². The molecule has 2 N–H and O–H groups in total. The standard InChI is InChI=1S/C12H17NO2/c1-15-12-10(5-2-6-11(12)14)9-4-3-7-13-8-9/h2,5-6,9,13-14H,3-4,7-8H2,1H3. The van der Waals surface area contributed by atoms with Crippen LogP contribution in [-0.4, -0.2) is 25.3 Å². The van der Waals surface area contributed by atoms with Gasteiger partial charge in [0.2, 0.25) is 0 Å². The molecule has 1 fully saturated rings. The number of methoxy groups -OCH3 is 1. The molecule has 0 spiro atoms. The van der Waals surface area contributed by atoms with Crippen LogP contribution in [0.5, 0.6) is 11.5 Å². The third-order valence-electron chi connectivity index (χ3n) is 2.97. The van der Waals surface area contributed by atoms with Gasteiger partial charge in [-0.1, -0.05) is 12.1 Å². The topological polar surface area (TPSA) is 41.5 Å². The summed E-state index contributed by atoms with van der Waals surface area (Å²) in [6, 6.07) is 5.58. The molecule has 1 saturated heterocycles. The molecular weight excluding hydrogens is 190 g/mol. The smallest absolute Gasteiger partial charge is 0.163 e. The van der Waals surface area contributed by atoms with Crippen molar-refractivity contribution in [3.8, 4) is 11.5 Å². The van der Waals surface area contributed by atoms with Crippen LogP contribution in [0.4, 0.5) is 0 Å². The van der Waals surface area contributed by atoms with Gasteiger partial charge in [-0.15, -0.1) is 0 Å². The van der Waals surface area contributed by atoms with Gasteiger partial charge in [-0.2, -0.15) is 0 Å². The molecule has 82 valence electrons. The van der Waals surface area contributed by atoms with Crippen molar-refractivity contribution < 1.29 is 9.84 Å². The maximum atomic E-state index is 9.68. The molecular formula is C12H17NO2. The lowest BCUT2D eigenvalue weighted by Gasteiger charge is -2.24. The highest BCUT2D eigenvalue weighted by atomic mass is 16.5. The minimum absolute atomic E-state index is 0.237. The van der Waals surface area contributed by atoms with Gasteiger partial charge in [0, 0.05) is 18.0 Å². The molecule has 1 atom stereocenters. The normalized spacial score (nSPS) is 21.3. The quantitative estimate of drug-likeness (QED) is 0.778. The van der Waals surface area contributed by atoms with Crippen LogP contribution < -0.4 is 10.1 Å². The minimum Gasteiger partial charge on any atom is -0.504 e. The second-order valence-electron chi connectivity index (χ2n) is 3.94. The van der Waals surface area contributed by atoms with Gasteiger partial charge in [0.05, 0.1) is 7.11 Å². The van der Waals surface area contributed by atoms with Crippen molar-refractivity contribution in [1.82, 2.24) is 5.32 Å². The van der Waals surface area contributed by atoms with Crippen molar-refractivity contribution in [3.63, 3.8) is 0 Å². The van der Waals surface area contributed by atoms with Crippen molar-refractivity contribution in [2.75, 3.05) is 20.2 Å². The van der Waals surface area contributed by atoms with E-state index in [4.69, 9.17) is 4.74 Å². The summed E-state index contributed by atoms with van der Waals surface area (Å²) >= 11 is 0. The second-order valence-corrected chi connectivity index (χ2v) is 3.94. The molecule has 1 aromatic carbocycles. The zero-order valence-corrected chi connectivity index (χ0v) is 8.99. The number of hydrogen-bond acceptors (Lipinski definition) is 3. The van der Waals surface area contributed by atoms with Crippen LogP contribution in [0, 0.1) is 0 Å². The lowest BCUT2D eigenvalue weighted by molar-refractivity contribution is 0.359. The molecule has 0 aromatic heterocycles. The number of para-hydroxylation sites is 1. The highest BCUT2D eigenvalue weighted by Gasteiger charge is 2.20. The Hall–Kier alpha value is -1.22. The zero-order chi connectivity index (χ0) is 10.7. The molecule has 3 nitrogen and oxygen atoms in total. The molecule has 0 radical (unpaired) electrons. The molecule has 1 aliphatic rings. The number of ether oxygens (including phenoxy) is 1. The van der Waals surface area contributed by atoms with E-state index in [0.29, 0.717) is 11.7 Å². The summed E-state index contributed by atoms with van der Waals surface area (Å²) in [6.45, 7) is 2.07. The van der Waals surface area contributed by atoms with Gasteiger partial charge in [0.15, 0.2) is 11.5 Å². The first-order valence-corrected chi connectivity index (χ1v) is 5.39. The average molecular weight is 207 g/mol. The molecule has 1 unspecified atom stereocenters. The number of piperidine rings is 1. The van der Waals surface area contributed by atoms with E-state index in [1.54, 1.807) is 13.2 Å². The van der Waals surface area contributed by atoms with Crippen molar-refractivity contribution in [3.05, 3.63) is 23.8 Å². The van der Waals surface area contributed by atoms with Gasteiger partial charge < -0.3 is 15.2 Å². The fourth-order valence-corrected chi connectivity index (χ4v) is 2.20. The number of benzene rings is 1. The first-order chi connectivity index (χ1) is 7.33. The number of nitrogens with one attached hydrogen (secondary N) is 1. The van der Waals surface area contributed by atoms with E-state index in [9.17, 15) is 5.11 Å². The maximum absolute atomic E-state index is 9.68.